The summed E-state index contributed by atoms with van der Waals surface area (Å²) in [6.07, 6.45) is 0. The smallest absolute Gasteiger partial charge is 0.0467 e. The molecule has 9 aromatic rings. The van der Waals surface area contributed by atoms with Gasteiger partial charge in [0, 0.05) is 34.1 Å². The maximum Gasteiger partial charge on any atom is 0.0467 e. The molecule has 0 unspecified atom stereocenters. The molecular formula is C54H40N2. The average molecular weight is 717 g/mol. The molecular weight excluding hydrogens is 677 g/mol. The van der Waals surface area contributed by atoms with E-state index in [1.54, 1.807) is 0 Å². The lowest BCUT2D eigenvalue weighted by Crippen LogP contribution is -2.09. The van der Waals surface area contributed by atoms with Gasteiger partial charge in [0.2, 0.25) is 0 Å². The Labute approximate surface area is 329 Å². The van der Waals surface area contributed by atoms with E-state index in [1.807, 2.05) is 0 Å². The predicted molar refractivity (Wildman–Crippen MR) is 238 cm³/mol. The second-order valence-corrected chi connectivity index (χ2v) is 13.8. The van der Waals surface area contributed by atoms with Gasteiger partial charge >= 0.3 is 0 Å². The van der Waals surface area contributed by atoms with Crippen LogP contribution < -0.4 is 9.80 Å². The van der Waals surface area contributed by atoms with Gasteiger partial charge in [-0.05, 0) is 123 Å². The summed E-state index contributed by atoms with van der Waals surface area (Å²) in [4.78, 5) is 4.64. The molecule has 0 aromatic heterocycles. The molecule has 0 fully saturated rings. The Morgan fingerprint density at radius 2 is 0.411 bits per heavy atom. The van der Waals surface area contributed by atoms with Crippen LogP contribution in [0.2, 0.25) is 0 Å². The Bertz CT molecular complexity index is 2640. The molecule has 56 heavy (non-hydrogen) atoms. The molecule has 0 bridgehead atoms. The van der Waals surface area contributed by atoms with Crippen molar-refractivity contribution in [2.24, 2.45) is 0 Å². The zero-order valence-corrected chi connectivity index (χ0v) is 31.0. The van der Waals surface area contributed by atoms with Crippen LogP contribution >= 0.6 is 0 Å². The minimum Gasteiger partial charge on any atom is -0.311 e. The second kappa shape index (κ2) is 15.9. The van der Waals surface area contributed by atoms with Crippen molar-refractivity contribution < 1.29 is 0 Å². The van der Waals surface area contributed by atoms with E-state index in [4.69, 9.17) is 0 Å². The van der Waals surface area contributed by atoms with Crippen molar-refractivity contribution in [2.75, 3.05) is 9.80 Å². The first-order valence-electron chi connectivity index (χ1n) is 19.1. The first kappa shape index (κ1) is 34.4. The Hall–Kier alpha value is -7.42. The topological polar surface area (TPSA) is 6.48 Å². The molecule has 0 aliphatic carbocycles. The number of hydrogen-bond donors (Lipinski definition) is 0. The fourth-order valence-corrected chi connectivity index (χ4v) is 7.42. The number of anilines is 6. The van der Waals surface area contributed by atoms with Gasteiger partial charge in [0.15, 0.2) is 0 Å². The number of rotatable bonds is 10. The fourth-order valence-electron chi connectivity index (χ4n) is 7.42. The molecule has 0 saturated carbocycles. The van der Waals surface area contributed by atoms with Crippen molar-refractivity contribution in [2.45, 2.75) is 0 Å². The quantitative estimate of drug-likeness (QED) is 0.139. The number of para-hydroxylation sites is 2. The van der Waals surface area contributed by atoms with E-state index in [9.17, 15) is 0 Å². The van der Waals surface area contributed by atoms with E-state index < -0.39 is 0 Å². The lowest BCUT2D eigenvalue weighted by molar-refractivity contribution is 1.28. The molecule has 266 valence electrons. The summed E-state index contributed by atoms with van der Waals surface area (Å²) >= 11 is 0. The average Bonchev–Trinajstić information content (AvgIpc) is 3.29. The Balaban J connectivity index is 1.01. The summed E-state index contributed by atoms with van der Waals surface area (Å²) in [6.45, 7) is 0. The van der Waals surface area contributed by atoms with Gasteiger partial charge in [-0.3, -0.25) is 0 Å². The van der Waals surface area contributed by atoms with Crippen LogP contribution in [0.3, 0.4) is 0 Å². The Morgan fingerprint density at radius 3 is 0.839 bits per heavy atom. The zero-order valence-electron chi connectivity index (χ0n) is 31.0. The normalized spacial score (nSPS) is 10.9. The minimum absolute atomic E-state index is 1.11. The highest BCUT2D eigenvalue weighted by Gasteiger charge is 2.15. The summed E-state index contributed by atoms with van der Waals surface area (Å²) in [6, 6.07) is 86.5. The first-order valence-corrected chi connectivity index (χ1v) is 19.1. The summed E-state index contributed by atoms with van der Waals surface area (Å²) in [5, 5.41) is 0. The van der Waals surface area contributed by atoms with Crippen molar-refractivity contribution in [1.82, 2.24) is 0 Å². The van der Waals surface area contributed by atoms with Crippen LogP contribution in [0.1, 0.15) is 0 Å². The summed E-state index contributed by atoms with van der Waals surface area (Å²) in [5.74, 6) is 0. The highest BCUT2D eigenvalue weighted by molar-refractivity contribution is 5.83. The molecule has 0 aliphatic rings. The molecule has 2 heteroatoms. The molecule has 0 spiro atoms. The molecule has 0 radical (unpaired) electrons. The highest BCUT2D eigenvalue weighted by atomic mass is 15.1. The molecule has 0 N–H and O–H groups in total. The van der Waals surface area contributed by atoms with Crippen LogP contribution in [-0.4, -0.2) is 0 Å². The van der Waals surface area contributed by atoms with Gasteiger partial charge in [0.25, 0.3) is 0 Å². The molecule has 0 saturated heterocycles. The van der Waals surface area contributed by atoms with Crippen molar-refractivity contribution in [3.05, 3.63) is 243 Å². The predicted octanol–water partition coefficient (Wildman–Crippen LogP) is 15.3. The van der Waals surface area contributed by atoms with Gasteiger partial charge < -0.3 is 9.80 Å². The third kappa shape index (κ3) is 7.37. The van der Waals surface area contributed by atoms with Crippen LogP contribution in [0.5, 0.6) is 0 Å². The van der Waals surface area contributed by atoms with E-state index in [1.165, 1.54) is 38.9 Å². The maximum absolute atomic E-state index is 2.33. The molecule has 9 aromatic carbocycles. The van der Waals surface area contributed by atoms with Crippen LogP contribution in [0.15, 0.2) is 243 Å². The van der Waals surface area contributed by atoms with E-state index in [0.717, 1.165) is 39.7 Å². The van der Waals surface area contributed by atoms with Gasteiger partial charge in [-0.25, -0.2) is 0 Å². The molecule has 0 aliphatic heterocycles. The van der Waals surface area contributed by atoms with E-state index in [0.29, 0.717) is 0 Å². The SMILES string of the molecule is c1ccc(-c2ccc(N(c3ccccc3)c3ccc(-c4cccc(-c5cccc(N(c6ccccc6)c6ccc(-c7ccccc7)cc6)c5)c4)cc3)cc2)cc1. The molecule has 0 amide bonds. The van der Waals surface area contributed by atoms with E-state index >= 15 is 0 Å². The minimum atomic E-state index is 1.11. The van der Waals surface area contributed by atoms with Crippen LogP contribution in [0.4, 0.5) is 34.1 Å². The third-order valence-corrected chi connectivity index (χ3v) is 10.3. The summed E-state index contributed by atoms with van der Waals surface area (Å²) in [7, 11) is 0. The maximum atomic E-state index is 2.33. The van der Waals surface area contributed by atoms with Gasteiger partial charge in [-0.15, -0.1) is 0 Å². The van der Waals surface area contributed by atoms with Crippen molar-refractivity contribution in [3.8, 4) is 44.5 Å². The number of nitrogens with zero attached hydrogens (tertiary/aromatic N) is 2. The van der Waals surface area contributed by atoms with E-state index in [2.05, 4.69) is 252 Å². The number of benzene rings is 9. The third-order valence-electron chi connectivity index (χ3n) is 10.3. The lowest BCUT2D eigenvalue weighted by atomic mass is 9.98. The lowest BCUT2D eigenvalue weighted by Gasteiger charge is -2.26. The second-order valence-electron chi connectivity index (χ2n) is 13.8. The molecule has 0 atom stereocenters. The number of hydrogen-bond acceptors (Lipinski definition) is 2. The van der Waals surface area contributed by atoms with Gasteiger partial charge in [-0.1, -0.05) is 164 Å². The molecule has 2 nitrogen and oxygen atoms in total. The van der Waals surface area contributed by atoms with Crippen LogP contribution in [-0.2, 0) is 0 Å². The van der Waals surface area contributed by atoms with Crippen LogP contribution in [0.25, 0.3) is 44.5 Å². The fraction of sp³-hybridized carbons (Fsp3) is 0. The van der Waals surface area contributed by atoms with Crippen LogP contribution in [0, 0.1) is 0 Å². The monoisotopic (exact) mass is 716 g/mol. The van der Waals surface area contributed by atoms with E-state index in [-0.39, 0.29) is 0 Å². The summed E-state index contributed by atoms with van der Waals surface area (Å²) in [5.41, 5.74) is 16.2. The van der Waals surface area contributed by atoms with Crippen molar-refractivity contribution >= 4 is 34.1 Å². The molecule has 9 rings (SSSR count). The summed E-state index contributed by atoms with van der Waals surface area (Å²) < 4.78 is 0. The molecule has 0 heterocycles. The first-order chi connectivity index (χ1) is 27.8. The van der Waals surface area contributed by atoms with Crippen molar-refractivity contribution in [1.29, 1.82) is 0 Å². The Kier molecular flexibility index (Phi) is 9.75. The van der Waals surface area contributed by atoms with Gasteiger partial charge in [0.05, 0.1) is 0 Å². The van der Waals surface area contributed by atoms with Crippen molar-refractivity contribution in [3.63, 3.8) is 0 Å². The van der Waals surface area contributed by atoms with Gasteiger partial charge in [0.1, 0.15) is 0 Å². The largest absolute Gasteiger partial charge is 0.311 e. The zero-order chi connectivity index (χ0) is 37.5. The standard InChI is InChI=1S/C54H40N2/c1-5-15-41(16-6-1)43-27-33-51(34-28-43)55(49-22-9-3-10-23-49)52-37-31-45(32-38-52)46-19-13-20-47(39-46)48-21-14-26-54(40-48)56(50-24-11-4-12-25-50)53-35-29-44(30-36-53)42-17-7-2-8-18-42/h1-40H. The Morgan fingerprint density at radius 1 is 0.161 bits per heavy atom. The van der Waals surface area contributed by atoms with Gasteiger partial charge in [-0.2, -0.15) is 0 Å². The highest BCUT2D eigenvalue weighted by Crippen LogP contribution is 2.39.